The molecule has 0 saturated heterocycles. The lowest BCUT2D eigenvalue weighted by Crippen LogP contribution is -2.24. The number of aryl methyl sites for hydroxylation is 2. The molecule has 1 amide bonds. The first-order chi connectivity index (χ1) is 16.4. The number of carbonyl (C=O) groups excluding carboxylic acids is 1. The molecule has 2 heterocycles. The molecule has 176 valence electrons. The van der Waals surface area contributed by atoms with E-state index in [0.29, 0.717) is 34.8 Å². The van der Waals surface area contributed by atoms with Crippen molar-refractivity contribution in [3.05, 3.63) is 84.3 Å². The van der Waals surface area contributed by atoms with Crippen molar-refractivity contribution in [2.75, 3.05) is 4.72 Å². The number of carbonyl (C=O) groups is 1. The van der Waals surface area contributed by atoms with Crippen LogP contribution in [0, 0.1) is 6.92 Å². The Bertz CT molecular complexity index is 1350. The molecule has 0 aliphatic carbocycles. The van der Waals surface area contributed by atoms with Crippen LogP contribution in [-0.4, -0.2) is 34.1 Å². The molecular weight excluding hydrogens is 456 g/mol. The summed E-state index contributed by atoms with van der Waals surface area (Å²) < 4.78 is 35.5. The standard InChI is InChI=1S/C23H24N6O4S/c1-17-21(13-25-22(30)11-12-29-16-24-15-26-29)27-23(33-17)19-9-5-6-10-20(19)28-34(31,32)14-18-7-3-2-4-8-18/h2-10,15-16,28H,11-14H2,1H3,(H,25,30). The Labute approximate surface area is 197 Å². The van der Waals surface area contributed by atoms with Crippen LogP contribution < -0.4 is 10.0 Å². The van der Waals surface area contributed by atoms with Crippen molar-refractivity contribution in [1.29, 1.82) is 0 Å². The minimum atomic E-state index is -3.66. The fraction of sp³-hybridized carbons (Fsp3) is 0.217. The van der Waals surface area contributed by atoms with Crippen LogP contribution in [0.4, 0.5) is 5.69 Å². The maximum Gasteiger partial charge on any atom is 0.236 e. The number of rotatable bonds is 10. The van der Waals surface area contributed by atoms with E-state index >= 15 is 0 Å². The van der Waals surface area contributed by atoms with Gasteiger partial charge in [-0.05, 0) is 24.6 Å². The Morgan fingerprint density at radius 1 is 1.09 bits per heavy atom. The van der Waals surface area contributed by atoms with E-state index in [4.69, 9.17) is 4.42 Å². The van der Waals surface area contributed by atoms with Crippen LogP contribution in [0.3, 0.4) is 0 Å². The molecule has 0 bridgehead atoms. The Balaban J connectivity index is 1.44. The predicted molar refractivity (Wildman–Crippen MR) is 126 cm³/mol. The quantitative estimate of drug-likeness (QED) is 0.357. The molecule has 2 aromatic heterocycles. The van der Waals surface area contributed by atoms with Gasteiger partial charge in [-0.15, -0.1) is 0 Å². The molecule has 34 heavy (non-hydrogen) atoms. The topological polar surface area (TPSA) is 132 Å². The van der Waals surface area contributed by atoms with Gasteiger partial charge in [0.25, 0.3) is 0 Å². The molecule has 0 aliphatic rings. The number of benzene rings is 2. The lowest BCUT2D eigenvalue weighted by molar-refractivity contribution is -0.121. The first-order valence-electron chi connectivity index (χ1n) is 10.6. The minimum absolute atomic E-state index is 0.154. The van der Waals surface area contributed by atoms with E-state index in [1.807, 2.05) is 6.07 Å². The smallest absolute Gasteiger partial charge is 0.236 e. The van der Waals surface area contributed by atoms with Gasteiger partial charge in [0.05, 0.1) is 30.1 Å². The van der Waals surface area contributed by atoms with Crippen molar-refractivity contribution in [3.63, 3.8) is 0 Å². The van der Waals surface area contributed by atoms with Gasteiger partial charge in [-0.1, -0.05) is 42.5 Å². The van der Waals surface area contributed by atoms with Crippen LogP contribution >= 0.6 is 0 Å². The lowest BCUT2D eigenvalue weighted by Gasteiger charge is -2.11. The molecule has 0 radical (unpaired) electrons. The van der Waals surface area contributed by atoms with Crippen LogP contribution in [0.25, 0.3) is 11.5 Å². The van der Waals surface area contributed by atoms with Gasteiger partial charge in [0, 0.05) is 6.42 Å². The number of amides is 1. The summed E-state index contributed by atoms with van der Waals surface area (Å²) in [6.45, 7) is 2.36. The van der Waals surface area contributed by atoms with Crippen molar-refractivity contribution in [1.82, 2.24) is 25.1 Å². The minimum Gasteiger partial charge on any atom is -0.441 e. The summed E-state index contributed by atoms with van der Waals surface area (Å²) in [4.78, 5) is 20.5. The van der Waals surface area contributed by atoms with E-state index in [0.717, 1.165) is 0 Å². The number of nitrogens with one attached hydrogen (secondary N) is 2. The second-order valence-electron chi connectivity index (χ2n) is 7.60. The zero-order valence-corrected chi connectivity index (χ0v) is 19.3. The molecule has 0 atom stereocenters. The Morgan fingerprint density at radius 3 is 2.62 bits per heavy atom. The molecule has 0 aliphatic heterocycles. The van der Waals surface area contributed by atoms with Crippen molar-refractivity contribution in [3.8, 4) is 11.5 Å². The molecular formula is C23H24N6O4S. The van der Waals surface area contributed by atoms with Crippen molar-refractivity contribution in [2.24, 2.45) is 0 Å². The first-order valence-corrected chi connectivity index (χ1v) is 12.2. The van der Waals surface area contributed by atoms with Gasteiger partial charge in [0.15, 0.2) is 0 Å². The number of para-hydroxylation sites is 1. The zero-order chi connectivity index (χ0) is 24.0. The summed E-state index contributed by atoms with van der Waals surface area (Å²) in [6.07, 6.45) is 3.21. The number of sulfonamides is 1. The molecule has 10 nitrogen and oxygen atoms in total. The van der Waals surface area contributed by atoms with Gasteiger partial charge in [-0.2, -0.15) is 5.10 Å². The van der Waals surface area contributed by atoms with Crippen molar-refractivity contribution >= 4 is 21.6 Å². The molecule has 2 N–H and O–H groups in total. The fourth-order valence-corrected chi connectivity index (χ4v) is 4.51. The Morgan fingerprint density at radius 2 is 1.85 bits per heavy atom. The van der Waals surface area contributed by atoms with E-state index in [2.05, 4.69) is 25.1 Å². The maximum atomic E-state index is 12.7. The molecule has 0 fully saturated rings. The third-order valence-electron chi connectivity index (χ3n) is 5.00. The first kappa shape index (κ1) is 23.2. The van der Waals surface area contributed by atoms with E-state index in [1.54, 1.807) is 66.5 Å². The average Bonchev–Trinajstić information content (AvgIpc) is 3.46. The summed E-state index contributed by atoms with van der Waals surface area (Å²) in [7, 11) is -3.66. The van der Waals surface area contributed by atoms with Crippen molar-refractivity contribution < 1.29 is 17.6 Å². The summed E-state index contributed by atoms with van der Waals surface area (Å²) in [5, 5.41) is 6.78. The lowest BCUT2D eigenvalue weighted by atomic mass is 10.2. The maximum absolute atomic E-state index is 12.7. The number of anilines is 1. The Kier molecular flexibility index (Phi) is 7.02. The molecule has 0 saturated carbocycles. The molecule has 0 unspecified atom stereocenters. The van der Waals surface area contributed by atoms with Crippen LogP contribution in [0.5, 0.6) is 0 Å². The van der Waals surface area contributed by atoms with E-state index in [9.17, 15) is 13.2 Å². The van der Waals surface area contributed by atoms with Crippen molar-refractivity contribution in [2.45, 2.75) is 32.2 Å². The van der Waals surface area contributed by atoms with Crippen LogP contribution in [0.15, 0.2) is 71.7 Å². The largest absolute Gasteiger partial charge is 0.441 e. The summed E-state index contributed by atoms with van der Waals surface area (Å²) >= 11 is 0. The van der Waals surface area contributed by atoms with E-state index in [-0.39, 0.29) is 30.5 Å². The van der Waals surface area contributed by atoms with E-state index < -0.39 is 10.0 Å². The summed E-state index contributed by atoms with van der Waals surface area (Å²) in [5.41, 5.74) is 2.11. The molecule has 2 aromatic carbocycles. The number of aromatic nitrogens is 4. The summed E-state index contributed by atoms with van der Waals surface area (Å²) in [5.74, 6) is 0.489. The highest BCUT2D eigenvalue weighted by molar-refractivity contribution is 7.91. The van der Waals surface area contributed by atoms with Gasteiger partial charge < -0.3 is 9.73 Å². The normalized spacial score (nSPS) is 11.3. The van der Waals surface area contributed by atoms with Crippen LogP contribution in [-0.2, 0) is 33.7 Å². The van der Waals surface area contributed by atoms with Gasteiger partial charge in [-0.3, -0.25) is 14.2 Å². The van der Waals surface area contributed by atoms with Crippen LogP contribution in [0.2, 0.25) is 0 Å². The van der Waals surface area contributed by atoms with E-state index in [1.165, 1.54) is 6.33 Å². The number of hydrogen-bond donors (Lipinski definition) is 2. The fourth-order valence-electron chi connectivity index (χ4n) is 3.30. The highest BCUT2D eigenvalue weighted by atomic mass is 32.2. The molecule has 11 heteroatoms. The second kappa shape index (κ2) is 10.3. The van der Waals surface area contributed by atoms with Gasteiger partial charge >= 0.3 is 0 Å². The second-order valence-corrected chi connectivity index (χ2v) is 9.32. The highest BCUT2D eigenvalue weighted by Crippen LogP contribution is 2.30. The monoisotopic (exact) mass is 480 g/mol. The third-order valence-corrected chi connectivity index (χ3v) is 6.25. The zero-order valence-electron chi connectivity index (χ0n) is 18.5. The highest BCUT2D eigenvalue weighted by Gasteiger charge is 2.19. The molecule has 0 spiro atoms. The SMILES string of the molecule is Cc1oc(-c2ccccc2NS(=O)(=O)Cc2ccccc2)nc1CNC(=O)CCn1cncn1. The summed E-state index contributed by atoms with van der Waals surface area (Å²) in [6, 6.07) is 15.8. The molecule has 4 aromatic rings. The average molecular weight is 481 g/mol. The van der Waals surface area contributed by atoms with Crippen LogP contribution in [0.1, 0.15) is 23.4 Å². The Hall–Kier alpha value is -3.99. The third kappa shape index (κ3) is 6.07. The predicted octanol–water partition coefficient (Wildman–Crippen LogP) is 2.89. The number of nitrogens with zero attached hydrogens (tertiary/aromatic N) is 4. The number of oxazole rings is 1. The van der Waals surface area contributed by atoms with Gasteiger partial charge in [0.2, 0.25) is 21.8 Å². The van der Waals surface area contributed by atoms with Gasteiger partial charge in [0.1, 0.15) is 24.1 Å². The van der Waals surface area contributed by atoms with Gasteiger partial charge in [-0.25, -0.2) is 18.4 Å². The molecule has 4 rings (SSSR count). The number of hydrogen-bond acceptors (Lipinski definition) is 7.